The number of halogens is 1. The van der Waals surface area contributed by atoms with Gasteiger partial charge in [-0.05, 0) is 53.5 Å². The average Bonchev–Trinajstić information content (AvgIpc) is 2.38. The zero-order valence-corrected chi connectivity index (χ0v) is 12.3. The van der Waals surface area contributed by atoms with E-state index in [1.807, 2.05) is 19.1 Å². The molecular weight excluding hydrogens is 306 g/mol. The predicted octanol–water partition coefficient (Wildman–Crippen LogP) is 4.02. The van der Waals surface area contributed by atoms with Gasteiger partial charge in [0.2, 0.25) is 0 Å². The number of hydrogen-bond donors (Lipinski definition) is 2. The van der Waals surface area contributed by atoms with Gasteiger partial charge in [0.25, 0.3) is 5.91 Å². The Labute approximate surface area is 120 Å². The molecule has 0 fully saturated rings. The number of aromatic hydroxyl groups is 1. The summed E-state index contributed by atoms with van der Waals surface area (Å²) < 4.78 is 0.783. The number of carbonyl (C=O) groups excluding carboxylic acids is 1. The van der Waals surface area contributed by atoms with Crippen LogP contribution in [-0.2, 0) is 0 Å². The summed E-state index contributed by atoms with van der Waals surface area (Å²) in [7, 11) is 0. The van der Waals surface area contributed by atoms with Crippen LogP contribution in [0, 0.1) is 13.8 Å². The normalized spacial score (nSPS) is 10.3. The van der Waals surface area contributed by atoms with E-state index in [1.54, 1.807) is 31.2 Å². The molecule has 0 aliphatic heterocycles. The number of nitrogens with one attached hydrogen (secondary N) is 1. The van der Waals surface area contributed by atoms with E-state index in [0.717, 1.165) is 10.0 Å². The van der Waals surface area contributed by atoms with Crippen molar-refractivity contribution in [3.8, 4) is 5.75 Å². The summed E-state index contributed by atoms with van der Waals surface area (Å²) in [6.45, 7) is 3.69. The van der Waals surface area contributed by atoms with Crippen LogP contribution in [0.2, 0.25) is 0 Å². The van der Waals surface area contributed by atoms with Gasteiger partial charge >= 0.3 is 0 Å². The van der Waals surface area contributed by atoms with Crippen molar-refractivity contribution in [2.75, 3.05) is 5.32 Å². The van der Waals surface area contributed by atoms with Crippen molar-refractivity contribution in [1.29, 1.82) is 0 Å². The van der Waals surface area contributed by atoms with Gasteiger partial charge < -0.3 is 10.4 Å². The zero-order valence-electron chi connectivity index (χ0n) is 10.7. The Kier molecular flexibility index (Phi) is 3.90. The standard InChI is InChI=1S/C15H14BrNO2/c1-9-5-3-6-11(14(9)16)15(19)17-12-7-4-8-13(18)10(12)2/h3-8,18H,1-2H3,(H,17,19). The zero-order chi connectivity index (χ0) is 14.0. The minimum Gasteiger partial charge on any atom is -0.508 e. The molecule has 2 aromatic carbocycles. The number of hydrogen-bond acceptors (Lipinski definition) is 2. The fourth-order valence-corrected chi connectivity index (χ4v) is 2.22. The Bertz CT molecular complexity index is 638. The molecule has 2 aromatic rings. The Morgan fingerprint density at radius 1 is 1.16 bits per heavy atom. The molecule has 2 rings (SSSR count). The minimum absolute atomic E-state index is 0.168. The molecule has 0 saturated heterocycles. The molecule has 0 saturated carbocycles. The Morgan fingerprint density at radius 3 is 2.58 bits per heavy atom. The second-order valence-corrected chi connectivity index (χ2v) is 5.13. The summed E-state index contributed by atoms with van der Waals surface area (Å²) in [6.07, 6.45) is 0. The Balaban J connectivity index is 2.31. The van der Waals surface area contributed by atoms with Gasteiger partial charge in [0.1, 0.15) is 5.75 Å². The highest BCUT2D eigenvalue weighted by Crippen LogP contribution is 2.26. The number of phenols is 1. The summed E-state index contributed by atoms with van der Waals surface area (Å²) in [4.78, 5) is 12.2. The first kappa shape index (κ1) is 13.6. The van der Waals surface area contributed by atoms with Crippen LogP contribution >= 0.6 is 15.9 Å². The van der Waals surface area contributed by atoms with Crippen molar-refractivity contribution >= 4 is 27.5 Å². The summed E-state index contributed by atoms with van der Waals surface area (Å²) in [5.74, 6) is -0.0367. The SMILES string of the molecule is Cc1cccc(C(=O)Nc2cccc(O)c2C)c1Br. The van der Waals surface area contributed by atoms with Crippen molar-refractivity contribution in [2.24, 2.45) is 0 Å². The van der Waals surface area contributed by atoms with Gasteiger partial charge in [-0.25, -0.2) is 0 Å². The molecule has 1 amide bonds. The van der Waals surface area contributed by atoms with Crippen molar-refractivity contribution in [3.05, 3.63) is 57.6 Å². The van der Waals surface area contributed by atoms with Crippen LogP contribution in [0.5, 0.6) is 5.75 Å². The van der Waals surface area contributed by atoms with E-state index in [4.69, 9.17) is 0 Å². The maximum atomic E-state index is 12.2. The van der Waals surface area contributed by atoms with Crippen LogP contribution in [0.1, 0.15) is 21.5 Å². The third-order valence-corrected chi connectivity index (χ3v) is 4.04. The van der Waals surface area contributed by atoms with Crippen LogP contribution in [0.15, 0.2) is 40.9 Å². The second kappa shape index (κ2) is 5.45. The fraction of sp³-hybridized carbons (Fsp3) is 0.133. The van der Waals surface area contributed by atoms with Gasteiger partial charge in [-0.15, -0.1) is 0 Å². The Morgan fingerprint density at radius 2 is 1.84 bits per heavy atom. The van der Waals surface area contributed by atoms with Gasteiger partial charge in [-0.1, -0.05) is 18.2 Å². The van der Waals surface area contributed by atoms with Crippen molar-refractivity contribution in [2.45, 2.75) is 13.8 Å². The molecular formula is C15H14BrNO2. The number of phenolic OH excluding ortho intramolecular Hbond substituents is 1. The lowest BCUT2D eigenvalue weighted by Gasteiger charge is -2.11. The summed E-state index contributed by atoms with van der Waals surface area (Å²) in [5.41, 5.74) is 2.83. The van der Waals surface area contributed by atoms with Gasteiger partial charge in [-0.3, -0.25) is 4.79 Å². The molecule has 2 N–H and O–H groups in total. The average molecular weight is 320 g/mol. The van der Waals surface area contributed by atoms with Crippen molar-refractivity contribution < 1.29 is 9.90 Å². The molecule has 98 valence electrons. The molecule has 0 aromatic heterocycles. The van der Waals surface area contributed by atoms with Crippen molar-refractivity contribution in [3.63, 3.8) is 0 Å². The third kappa shape index (κ3) is 2.79. The molecule has 0 radical (unpaired) electrons. The maximum absolute atomic E-state index is 12.2. The largest absolute Gasteiger partial charge is 0.508 e. The highest BCUT2D eigenvalue weighted by molar-refractivity contribution is 9.10. The number of carbonyl (C=O) groups is 1. The molecule has 0 spiro atoms. The summed E-state index contributed by atoms with van der Waals surface area (Å²) in [5, 5.41) is 12.4. The van der Waals surface area contributed by atoms with Gasteiger partial charge in [0.15, 0.2) is 0 Å². The lowest BCUT2D eigenvalue weighted by molar-refractivity contribution is 0.102. The predicted molar refractivity (Wildman–Crippen MR) is 79.7 cm³/mol. The molecule has 0 heterocycles. The third-order valence-electron chi connectivity index (χ3n) is 2.99. The number of rotatable bonds is 2. The fourth-order valence-electron chi connectivity index (χ4n) is 1.77. The molecule has 0 aliphatic carbocycles. The van der Waals surface area contributed by atoms with E-state index < -0.39 is 0 Å². The van der Waals surface area contributed by atoms with E-state index in [9.17, 15) is 9.90 Å². The molecule has 0 atom stereocenters. The first-order valence-corrected chi connectivity index (χ1v) is 6.65. The molecule has 4 heteroatoms. The minimum atomic E-state index is -0.204. The van der Waals surface area contributed by atoms with E-state index in [2.05, 4.69) is 21.2 Å². The van der Waals surface area contributed by atoms with E-state index in [1.165, 1.54) is 0 Å². The second-order valence-electron chi connectivity index (χ2n) is 4.34. The van der Waals surface area contributed by atoms with Gasteiger partial charge in [0, 0.05) is 15.7 Å². The Hall–Kier alpha value is -1.81. The number of benzene rings is 2. The van der Waals surface area contributed by atoms with Gasteiger partial charge in [0.05, 0.1) is 5.56 Å². The lowest BCUT2D eigenvalue weighted by Crippen LogP contribution is -2.13. The van der Waals surface area contributed by atoms with E-state index in [-0.39, 0.29) is 11.7 Å². The number of amides is 1. The lowest BCUT2D eigenvalue weighted by atomic mass is 10.1. The maximum Gasteiger partial charge on any atom is 0.256 e. The van der Waals surface area contributed by atoms with Crippen LogP contribution < -0.4 is 5.32 Å². The molecule has 0 aliphatic rings. The number of aryl methyl sites for hydroxylation is 1. The highest BCUT2D eigenvalue weighted by Gasteiger charge is 2.13. The molecule has 19 heavy (non-hydrogen) atoms. The molecule has 0 bridgehead atoms. The van der Waals surface area contributed by atoms with Crippen LogP contribution in [0.4, 0.5) is 5.69 Å². The van der Waals surface area contributed by atoms with Crippen molar-refractivity contribution in [1.82, 2.24) is 0 Å². The van der Waals surface area contributed by atoms with Gasteiger partial charge in [-0.2, -0.15) is 0 Å². The smallest absolute Gasteiger partial charge is 0.256 e. The monoisotopic (exact) mass is 319 g/mol. The molecule has 3 nitrogen and oxygen atoms in total. The first-order valence-electron chi connectivity index (χ1n) is 5.85. The van der Waals surface area contributed by atoms with E-state index >= 15 is 0 Å². The number of anilines is 1. The van der Waals surface area contributed by atoms with E-state index in [0.29, 0.717) is 16.8 Å². The summed E-state index contributed by atoms with van der Waals surface area (Å²) in [6, 6.07) is 10.6. The topological polar surface area (TPSA) is 49.3 Å². The van der Waals surface area contributed by atoms with Crippen LogP contribution in [0.3, 0.4) is 0 Å². The van der Waals surface area contributed by atoms with Crippen LogP contribution in [-0.4, -0.2) is 11.0 Å². The summed E-state index contributed by atoms with van der Waals surface area (Å²) >= 11 is 3.42. The molecule has 0 unspecified atom stereocenters. The first-order chi connectivity index (χ1) is 9.00. The van der Waals surface area contributed by atoms with Crippen LogP contribution in [0.25, 0.3) is 0 Å². The highest BCUT2D eigenvalue weighted by atomic mass is 79.9. The quantitative estimate of drug-likeness (QED) is 0.878.